The summed E-state index contributed by atoms with van der Waals surface area (Å²) in [7, 11) is 2.54. The van der Waals surface area contributed by atoms with Crippen molar-refractivity contribution in [3.05, 3.63) is 35.4 Å². The van der Waals surface area contributed by atoms with Crippen LogP contribution >= 0.6 is 0 Å². The maximum absolute atomic E-state index is 11.8. The Morgan fingerprint density at radius 1 is 1.10 bits per heavy atom. The van der Waals surface area contributed by atoms with Crippen LogP contribution in [0, 0.1) is 0 Å². The monoisotopic (exact) mass is 290 g/mol. The Balaban J connectivity index is 2.24. The van der Waals surface area contributed by atoms with E-state index in [1.54, 1.807) is 24.3 Å². The van der Waals surface area contributed by atoms with Gasteiger partial charge in [0, 0.05) is 7.05 Å². The number of hydrogen-bond donors (Lipinski definition) is 0. The second kappa shape index (κ2) is 5.74. The van der Waals surface area contributed by atoms with Crippen molar-refractivity contribution < 1.29 is 23.9 Å². The van der Waals surface area contributed by atoms with Crippen molar-refractivity contribution in [2.75, 3.05) is 14.2 Å². The Bertz CT molecular complexity index is 626. The van der Waals surface area contributed by atoms with E-state index in [2.05, 4.69) is 4.74 Å². The normalized spacial score (nSPS) is 14.9. The van der Waals surface area contributed by atoms with E-state index in [0.717, 1.165) is 9.80 Å². The molecule has 2 rings (SSSR count). The third-order valence-electron chi connectivity index (χ3n) is 3.26. The van der Waals surface area contributed by atoms with Crippen molar-refractivity contribution in [1.29, 1.82) is 0 Å². The van der Waals surface area contributed by atoms with E-state index in [-0.39, 0.29) is 13.0 Å². The van der Waals surface area contributed by atoms with Crippen LogP contribution in [0.3, 0.4) is 0 Å². The number of methoxy groups -OCH3 is 1. The van der Waals surface area contributed by atoms with Crippen LogP contribution in [-0.2, 0) is 32.1 Å². The molecule has 1 aliphatic heterocycles. The minimum Gasteiger partial charge on any atom is -0.469 e. The van der Waals surface area contributed by atoms with E-state index < -0.39 is 23.8 Å². The van der Waals surface area contributed by atoms with Gasteiger partial charge in [0.2, 0.25) is 0 Å². The summed E-state index contributed by atoms with van der Waals surface area (Å²) < 4.78 is 4.61. The number of carbonyl (C=O) groups is 4. The Kier molecular flexibility index (Phi) is 4.02. The topological polar surface area (TPSA) is 84.0 Å². The Hall–Kier alpha value is -2.70. The number of ether oxygens (including phenoxy) is 1. The van der Waals surface area contributed by atoms with Gasteiger partial charge >= 0.3 is 23.8 Å². The summed E-state index contributed by atoms with van der Waals surface area (Å²) in [4.78, 5) is 48.0. The van der Waals surface area contributed by atoms with Crippen LogP contribution in [0.15, 0.2) is 24.3 Å². The highest BCUT2D eigenvalue weighted by Crippen LogP contribution is 2.18. The van der Waals surface area contributed by atoms with Crippen LogP contribution in [0.4, 0.5) is 4.79 Å². The lowest BCUT2D eigenvalue weighted by Gasteiger charge is -2.15. The maximum Gasteiger partial charge on any atom is 0.334 e. The summed E-state index contributed by atoms with van der Waals surface area (Å²) in [6.45, 7) is -0.0546. The van der Waals surface area contributed by atoms with Crippen molar-refractivity contribution in [3.63, 3.8) is 0 Å². The zero-order valence-corrected chi connectivity index (χ0v) is 11.7. The van der Waals surface area contributed by atoms with Crippen LogP contribution in [0.5, 0.6) is 0 Å². The fourth-order valence-corrected chi connectivity index (χ4v) is 2.04. The summed E-state index contributed by atoms with van der Waals surface area (Å²) in [5.74, 6) is -2.14. The molecule has 0 unspecified atom stereocenters. The third-order valence-corrected chi connectivity index (χ3v) is 3.26. The van der Waals surface area contributed by atoms with Gasteiger partial charge in [0.05, 0.1) is 20.1 Å². The van der Waals surface area contributed by atoms with E-state index in [1.807, 2.05) is 0 Å². The molecular formula is C14H14N2O5. The number of carbonyl (C=O) groups excluding carboxylic acids is 4. The SMILES string of the molecule is COC(=O)Cc1ccccc1CN1C(=O)C(=O)N(C)C1=O. The van der Waals surface area contributed by atoms with Gasteiger partial charge < -0.3 is 4.74 Å². The molecule has 110 valence electrons. The number of hydrogen-bond acceptors (Lipinski definition) is 5. The number of urea groups is 1. The van der Waals surface area contributed by atoms with Crippen molar-refractivity contribution in [1.82, 2.24) is 9.80 Å². The molecular weight excluding hydrogens is 276 g/mol. The van der Waals surface area contributed by atoms with Gasteiger partial charge in [-0.15, -0.1) is 0 Å². The summed E-state index contributed by atoms with van der Waals surface area (Å²) in [6, 6.07) is 6.21. The highest BCUT2D eigenvalue weighted by molar-refractivity contribution is 6.44. The van der Waals surface area contributed by atoms with Crippen molar-refractivity contribution in [2.24, 2.45) is 0 Å². The largest absolute Gasteiger partial charge is 0.469 e. The molecule has 0 atom stereocenters. The molecule has 21 heavy (non-hydrogen) atoms. The molecule has 7 nitrogen and oxygen atoms in total. The fourth-order valence-electron chi connectivity index (χ4n) is 2.04. The first-order valence-corrected chi connectivity index (χ1v) is 6.22. The molecule has 1 fully saturated rings. The average molecular weight is 290 g/mol. The number of imide groups is 2. The smallest absolute Gasteiger partial charge is 0.334 e. The van der Waals surface area contributed by atoms with E-state index >= 15 is 0 Å². The third kappa shape index (κ3) is 2.76. The molecule has 0 saturated carbocycles. The predicted molar refractivity (Wildman–Crippen MR) is 70.9 cm³/mol. The van der Waals surface area contributed by atoms with Crippen molar-refractivity contribution in [2.45, 2.75) is 13.0 Å². The van der Waals surface area contributed by atoms with Gasteiger partial charge in [0.15, 0.2) is 0 Å². The van der Waals surface area contributed by atoms with Gasteiger partial charge in [-0.2, -0.15) is 0 Å². The molecule has 1 heterocycles. The Morgan fingerprint density at radius 3 is 2.24 bits per heavy atom. The number of amides is 4. The van der Waals surface area contributed by atoms with E-state index in [9.17, 15) is 19.2 Å². The first kappa shape index (κ1) is 14.7. The second-order valence-electron chi connectivity index (χ2n) is 4.56. The van der Waals surface area contributed by atoms with Gasteiger partial charge in [-0.05, 0) is 11.1 Å². The zero-order valence-electron chi connectivity index (χ0n) is 11.7. The fraction of sp³-hybridized carbons (Fsp3) is 0.286. The molecule has 0 spiro atoms. The van der Waals surface area contributed by atoms with Crippen LogP contribution in [-0.4, -0.2) is 47.8 Å². The maximum atomic E-state index is 11.8. The Labute approximate surface area is 121 Å². The molecule has 1 aromatic carbocycles. The minimum atomic E-state index is -0.865. The van der Waals surface area contributed by atoms with Crippen LogP contribution in [0.2, 0.25) is 0 Å². The highest BCUT2D eigenvalue weighted by Gasteiger charge is 2.42. The molecule has 0 bridgehead atoms. The summed E-state index contributed by atoms with van der Waals surface area (Å²) in [5, 5.41) is 0. The predicted octanol–water partition coefficient (Wildman–Crippen LogP) is 0.323. The molecule has 1 aliphatic rings. The quantitative estimate of drug-likeness (QED) is 0.453. The lowest BCUT2D eigenvalue weighted by Crippen LogP contribution is -2.31. The van der Waals surface area contributed by atoms with Crippen molar-refractivity contribution in [3.8, 4) is 0 Å². The minimum absolute atomic E-state index is 0.0344. The van der Waals surface area contributed by atoms with Gasteiger partial charge in [-0.25, -0.2) is 4.79 Å². The van der Waals surface area contributed by atoms with Crippen LogP contribution < -0.4 is 0 Å². The lowest BCUT2D eigenvalue weighted by atomic mass is 10.0. The lowest BCUT2D eigenvalue weighted by molar-refractivity contribution is -0.143. The van der Waals surface area contributed by atoms with E-state index in [0.29, 0.717) is 11.1 Å². The van der Waals surface area contributed by atoms with Gasteiger partial charge in [0.25, 0.3) is 0 Å². The van der Waals surface area contributed by atoms with E-state index in [4.69, 9.17) is 0 Å². The van der Waals surface area contributed by atoms with Gasteiger partial charge in [0.1, 0.15) is 0 Å². The molecule has 0 N–H and O–H groups in total. The van der Waals surface area contributed by atoms with Crippen LogP contribution in [0.25, 0.3) is 0 Å². The first-order chi connectivity index (χ1) is 9.95. The average Bonchev–Trinajstić information content (AvgIpc) is 2.66. The summed E-state index contributed by atoms with van der Waals surface area (Å²) >= 11 is 0. The molecule has 7 heteroatoms. The number of likely N-dealkylation sites (N-methyl/N-ethyl adjacent to an activating group) is 1. The van der Waals surface area contributed by atoms with Crippen LogP contribution in [0.1, 0.15) is 11.1 Å². The second-order valence-corrected chi connectivity index (χ2v) is 4.56. The molecule has 4 amide bonds. The highest BCUT2D eigenvalue weighted by atomic mass is 16.5. The standard InChI is InChI=1S/C14H14N2O5/c1-15-12(18)13(19)16(14(15)20)8-10-6-4-3-5-9(10)7-11(17)21-2/h3-6H,7-8H2,1-2H3. The summed E-state index contributed by atoms with van der Waals surface area (Å²) in [6.07, 6.45) is 0.0344. The molecule has 1 saturated heterocycles. The summed E-state index contributed by atoms with van der Waals surface area (Å²) in [5.41, 5.74) is 1.26. The Morgan fingerprint density at radius 2 is 1.71 bits per heavy atom. The molecule has 1 aromatic rings. The van der Waals surface area contributed by atoms with Gasteiger partial charge in [-0.3, -0.25) is 24.2 Å². The zero-order chi connectivity index (χ0) is 15.6. The first-order valence-electron chi connectivity index (χ1n) is 6.22. The molecule has 0 aromatic heterocycles. The number of nitrogens with zero attached hydrogens (tertiary/aromatic N) is 2. The van der Waals surface area contributed by atoms with E-state index in [1.165, 1.54) is 14.2 Å². The molecule has 0 aliphatic carbocycles. The number of rotatable bonds is 4. The molecule has 0 radical (unpaired) electrons. The number of esters is 1. The van der Waals surface area contributed by atoms with Gasteiger partial charge in [-0.1, -0.05) is 24.3 Å². The van der Waals surface area contributed by atoms with Crippen molar-refractivity contribution >= 4 is 23.8 Å². The number of benzene rings is 1.